The first-order valence-corrected chi connectivity index (χ1v) is 3.99. The molecular weight excluding hydrogens is 128 g/mol. The molecule has 0 aromatic rings. The van der Waals surface area contributed by atoms with Gasteiger partial charge in [-0.1, -0.05) is 6.42 Å². The lowest BCUT2D eigenvalue weighted by molar-refractivity contribution is 0.0420. The quantitative estimate of drug-likeness (QED) is 0.522. The van der Waals surface area contributed by atoms with Crippen LogP contribution in [0.15, 0.2) is 0 Å². The van der Waals surface area contributed by atoms with Crippen LogP contribution in [-0.2, 0) is 0 Å². The van der Waals surface area contributed by atoms with Crippen LogP contribution in [0.3, 0.4) is 0 Å². The summed E-state index contributed by atoms with van der Waals surface area (Å²) < 4.78 is 0. The van der Waals surface area contributed by atoms with E-state index in [9.17, 15) is 10.2 Å². The van der Waals surface area contributed by atoms with Crippen LogP contribution in [0.2, 0.25) is 0 Å². The summed E-state index contributed by atoms with van der Waals surface area (Å²) in [4.78, 5) is 0. The molecule has 0 aromatic carbocycles. The summed E-state index contributed by atoms with van der Waals surface area (Å²) in [5.74, 6) is 0. The van der Waals surface area contributed by atoms with Crippen molar-refractivity contribution in [1.82, 2.24) is 0 Å². The van der Waals surface area contributed by atoms with Crippen molar-refractivity contribution < 1.29 is 10.2 Å². The Bertz CT molecular complexity index is 161. The van der Waals surface area contributed by atoms with Crippen LogP contribution in [0.25, 0.3) is 0 Å². The highest BCUT2D eigenvalue weighted by molar-refractivity contribution is 5.18. The van der Waals surface area contributed by atoms with Crippen LogP contribution in [0.5, 0.6) is 0 Å². The average molecular weight is 142 g/mol. The summed E-state index contributed by atoms with van der Waals surface area (Å²) in [6.07, 6.45) is 3.55. The maximum atomic E-state index is 9.59. The van der Waals surface area contributed by atoms with Gasteiger partial charge in [-0.3, -0.25) is 0 Å². The molecule has 0 saturated heterocycles. The molecule has 0 heterocycles. The Kier molecular flexibility index (Phi) is 1.03. The Labute approximate surface area is 60.9 Å². The first kappa shape index (κ1) is 6.62. The minimum atomic E-state index is -0.553. The van der Waals surface area contributed by atoms with E-state index in [0.717, 1.165) is 25.7 Å². The fraction of sp³-hybridized carbons (Fsp3) is 1.00. The molecule has 0 aromatic heterocycles. The van der Waals surface area contributed by atoms with Crippen molar-refractivity contribution in [2.75, 3.05) is 0 Å². The van der Waals surface area contributed by atoms with Crippen molar-refractivity contribution in [2.45, 2.75) is 44.3 Å². The first-order valence-electron chi connectivity index (χ1n) is 3.99. The summed E-state index contributed by atoms with van der Waals surface area (Å²) in [6, 6.07) is 0. The molecule has 10 heavy (non-hydrogen) atoms. The van der Waals surface area contributed by atoms with E-state index in [-0.39, 0.29) is 11.5 Å². The van der Waals surface area contributed by atoms with Crippen LogP contribution in [0.1, 0.15) is 32.6 Å². The second-order valence-electron chi connectivity index (χ2n) is 4.01. The van der Waals surface area contributed by atoms with E-state index in [2.05, 4.69) is 0 Å². The van der Waals surface area contributed by atoms with Gasteiger partial charge >= 0.3 is 0 Å². The van der Waals surface area contributed by atoms with Crippen molar-refractivity contribution in [2.24, 2.45) is 5.41 Å². The Morgan fingerprint density at radius 2 is 2.10 bits per heavy atom. The Balaban J connectivity index is 2.19. The zero-order chi connectivity index (χ0) is 7.41. The van der Waals surface area contributed by atoms with Crippen LogP contribution < -0.4 is 0 Å². The molecule has 3 atom stereocenters. The zero-order valence-corrected chi connectivity index (χ0v) is 6.30. The maximum Gasteiger partial charge on any atom is 0.0708 e. The lowest BCUT2D eigenvalue weighted by atomic mass is 9.98. The molecule has 0 bridgehead atoms. The van der Waals surface area contributed by atoms with Crippen molar-refractivity contribution in [1.29, 1.82) is 0 Å². The second-order valence-corrected chi connectivity index (χ2v) is 4.01. The number of aliphatic hydroxyl groups excluding tert-OH is 1. The van der Waals surface area contributed by atoms with Gasteiger partial charge in [0.2, 0.25) is 0 Å². The van der Waals surface area contributed by atoms with E-state index in [1.54, 1.807) is 0 Å². The molecule has 2 fully saturated rings. The minimum Gasteiger partial charge on any atom is -0.392 e. The Morgan fingerprint density at radius 3 is 2.30 bits per heavy atom. The number of rotatable bonds is 0. The monoisotopic (exact) mass is 142 g/mol. The van der Waals surface area contributed by atoms with Gasteiger partial charge in [-0.15, -0.1) is 0 Å². The number of hydrogen-bond acceptors (Lipinski definition) is 2. The predicted molar refractivity (Wildman–Crippen MR) is 37.5 cm³/mol. The van der Waals surface area contributed by atoms with Gasteiger partial charge in [0.25, 0.3) is 0 Å². The first-order chi connectivity index (χ1) is 4.58. The van der Waals surface area contributed by atoms with Gasteiger partial charge in [0.1, 0.15) is 0 Å². The molecule has 2 nitrogen and oxygen atoms in total. The highest BCUT2D eigenvalue weighted by Gasteiger charge is 2.68. The molecule has 1 spiro atoms. The highest BCUT2D eigenvalue weighted by Crippen LogP contribution is 2.65. The van der Waals surface area contributed by atoms with Crippen molar-refractivity contribution in [3.8, 4) is 0 Å². The standard InChI is InChI=1S/C8H14O2/c1-7(10)5-8(7)4-2-3-6(8)9/h6,9-10H,2-5H2,1H3/t6-,7+,8-/m1/s1. The molecule has 2 rings (SSSR count). The van der Waals surface area contributed by atoms with Crippen LogP contribution in [-0.4, -0.2) is 21.9 Å². The topological polar surface area (TPSA) is 40.5 Å². The fourth-order valence-corrected chi connectivity index (χ4v) is 2.46. The smallest absolute Gasteiger partial charge is 0.0708 e. The molecule has 2 aliphatic carbocycles. The summed E-state index contributed by atoms with van der Waals surface area (Å²) in [5.41, 5.74) is -0.643. The fourth-order valence-electron chi connectivity index (χ4n) is 2.46. The third-order valence-corrected chi connectivity index (χ3v) is 3.35. The summed E-state index contributed by atoms with van der Waals surface area (Å²) >= 11 is 0. The molecule has 2 N–H and O–H groups in total. The van der Waals surface area contributed by atoms with Gasteiger partial charge in [-0.25, -0.2) is 0 Å². The van der Waals surface area contributed by atoms with Crippen molar-refractivity contribution in [3.63, 3.8) is 0 Å². The van der Waals surface area contributed by atoms with E-state index in [4.69, 9.17) is 0 Å². The Hall–Kier alpha value is -0.0800. The van der Waals surface area contributed by atoms with Crippen LogP contribution >= 0.6 is 0 Å². The van der Waals surface area contributed by atoms with E-state index < -0.39 is 5.60 Å². The second kappa shape index (κ2) is 1.56. The van der Waals surface area contributed by atoms with E-state index >= 15 is 0 Å². The predicted octanol–water partition coefficient (Wildman–Crippen LogP) is 0.672. The summed E-state index contributed by atoms with van der Waals surface area (Å²) in [5, 5.41) is 19.1. The van der Waals surface area contributed by atoms with Gasteiger partial charge in [0.05, 0.1) is 11.7 Å². The SMILES string of the molecule is C[C@]1(O)C[C@@]12CCC[C@H]2O. The molecule has 2 aliphatic rings. The molecule has 0 amide bonds. The normalized spacial score (nSPS) is 59.7. The third kappa shape index (κ3) is 0.565. The van der Waals surface area contributed by atoms with Gasteiger partial charge in [-0.2, -0.15) is 0 Å². The van der Waals surface area contributed by atoms with E-state index in [0.29, 0.717) is 0 Å². The highest BCUT2D eigenvalue weighted by atomic mass is 16.3. The molecule has 2 heteroatoms. The van der Waals surface area contributed by atoms with Gasteiger partial charge < -0.3 is 10.2 Å². The average Bonchev–Trinajstić information content (AvgIpc) is 2.12. The number of aliphatic hydroxyl groups is 2. The van der Waals surface area contributed by atoms with Gasteiger partial charge in [-0.05, 0) is 26.2 Å². The lowest BCUT2D eigenvalue weighted by Crippen LogP contribution is -2.24. The molecule has 0 radical (unpaired) electrons. The van der Waals surface area contributed by atoms with E-state index in [1.807, 2.05) is 6.92 Å². The Morgan fingerprint density at radius 1 is 1.50 bits per heavy atom. The summed E-state index contributed by atoms with van der Waals surface area (Å²) in [7, 11) is 0. The largest absolute Gasteiger partial charge is 0.392 e. The zero-order valence-electron chi connectivity index (χ0n) is 6.30. The van der Waals surface area contributed by atoms with Crippen LogP contribution in [0.4, 0.5) is 0 Å². The third-order valence-electron chi connectivity index (χ3n) is 3.35. The van der Waals surface area contributed by atoms with Gasteiger partial charge in [0, 0.05) is 5.41 Å². The molecule has 0 aliphatic heterocycles. The minimum absolute atomic E-state index is 0.0903. The lowest BCUT2D eigenvalue weighted by Gasteiger charge is -2.16. The molecule has 0 unspecified atom stereocenters. The maximum absolute atomic E-state index is 9.59. The van der Waals surface area contributed by atoms with Gasteiger partial charge in [0.15, 0.2) is 0 Å². The molecule has 2 saturated carbocycles. The van der Waals surface area contributed by atoms with Crippen LogP contribution in [0, 0.1) is 5.41 Å². The molecule has 58 valence electrons. The summed E-state index contributed by atoms with van der Waals surface area (Å²) in [6.45, 7) is 1.83. The molecular formula is C8H14O2. The van der Waals surface area contributed by atoms with Crippen molar-refractivity contribution >= 4 is 0 Å². The number of hydrogen-bond donors (Lipinski definition) is 2. The van der Waals surface area contributed by atoms with Crippen molar-refractivity contribution in [3.05, 3.63) is 0 Å². The van der Waals surface area contributed by atoms with E-state index in [1.165, 1.54) is 0 Å².